The van der Waals surface area contributed by atoms with E-state index < -0.39 is 0 Å². The van der Waals surface area contributed by atoms with Crippen LogP contribution in [0.25, 0.3) is 10.8 Å². The first kappa shape index (κ1) is 10.3. The van der Waals surface area contributed by atoms with Crippen molar-refractivity contribution in [3.05, 3.63) is 35.9 Å². The molecule has 0 amide bonds. The van der Waals surface area contributed by atoms with Gasteiger partial charge in [-0.3, -0.25) is 0 Å². The lowest BCUT2D eigenvalue weighted by Gasteiger charge is -2.17. The molecule has 1 aliphatic heterocycles. The smallest absolute Gasteiger partial charge is 0.0928 e. The predicted molar refractivity (Wildman–Crippen MR) is 70.2 cm³/mol. The maximum Gasteiger partial charge on any atom is 0.0928 e. The van der Waals surface area contributed by atoms with Gasteiger partial charge in [0.15, 0.2) is 0 Å². The largest absolute Gasteiger partial charge is 0.380 e. The van der Waals surface area contributed by atoms with Crippen molar-refractivity contribution in [2.45, 2.75) is 25.8 Å². The minimum absolute atomic E-state index is 0.123. The number of benzene rings is 2. The van der Waals surface area contributed by atoms with Crippen LogP contribution in [-0.4, -0.2) is 5.54 Å². The van der Waals surface area contributed by atoms with Crippen LogP contribution in [0.5, 0.6) is 0 Å². The van der Waals surface area contributed by atoms with Gasteiger partial charge in [-0.05, 0) is 49.4 Å². The molecule has 17 heavy (non-hydrogen) atoms. The van der Waals surface area contributed by atoms with E-state index in [0.717, 1.165) is 22.9 Å². The molecule has 3 rings (SSSR count). The van der Waals surface area contributed by atoms with Crippen molar-refractivity contribution in [1.82, 2.24) is 0 Å². The van der Waals surface area contributed by atoms with Crippen molar-refractivity contribution in [3.63, 3.8) is 0 Å². The van der Waals surface area contributed by atoms with E-state index in [2.05, 4.69) is 42.5 Å². The maximum absolute atomic E-state index is 7.21. The average molecular weight is 225 g/mol. The third kappa shape index (κ3) is 1.58. The van der Waals surface area contributed by atoms with Crippen LogP contribution in [0.2, 0.25) is 0 Å². The molecule has 1 aliphatic rings. The Morgan fingerprint density at radius 3 is 2.88 bits per heavy atom. The lowest BCUT2D eigenvalue weighted by atomic mass is 9.98. The van der Waals surface area contributed by atoms with E-state index in [9.17, 15) is 0 Å². The summed E-state index contributed by atoms with van der Waals surface area (Å²) in [5.41, 5.74) is 10.6. The molecule has 0 saturated heterocycles. The highest BCUT2D eigenvalue weighted by molar-refractivity contribution is 5.96. The van der Waals surface area contributed by atoms with Gasteiger partial charge >= 0.3 is 0 Å². The Balaban J connectivity index is 2.27. The topological polar surface area (TPSA) is 48.2 Å². The predicted octanol–water partition coefficient (Wildman–Crippen LogP) is 4.25. The van der Waals surface area contributed by atoms with Gasteiger partial charge in [-0.2, -0.15) is 5.11 Å². The molecular formula is C14H15N3. The summed E-state index contributed by atoms with van der Waals surface area (Å²) in [5, 5.41) is 9.33. The highest BCUT2D eigenvalue weighted by atomic mass is 15.0. The molecule has 0 spiro atoms. The van der Waals surface area contributed by atoms with Crippen LogP contribution in [0, 0.1) is 5.53 Å². The molecule has 2 aromatic rings. The molecule has 0 aromatic heterocycles. The fourth-order valence-electron chi connectivity index (χ4n) is 2.60. The van der Waals surface area contributed by atoms with Gasteiger partial charge < -0.3 is 5.32 Å². The van der Waals surface area contributed by atoms with Gasteiger partial charge in [-0.15, -0.1) is 0 Å². The van der Waals surface area contributed by atoms with E-state index in [0.29, 0.717) is 0 Å². The Morgan fingerprint density at radius 2 is 2.12 bits per heavy atom. The minimum Gasteiger partial charge on any atom is -0.380 e. The Labute approximate surface area is 100 Å². The van der Waals surface area contributed by atoms with Crippen molar-refractivity contribution >= 4 is 22.1 Å². The molecule has 86 valence electrons. The Kier molecular flexibility index (Phi) is 1.99. The molecule has 0 saturated carbocycles. The molecule has 2 aromatic carbocycles. The number of fused-ring (bicyclic) bond motifs is 2. The first-order chi connectivity index (χ1) is 8.09. The number of rotatable bonds is 1. The fraction of sp³-hybridized carbons (Fsp3) is 0.286. The second kappa shape index (κ2) is 3.29. The first-order valence-corrected chi connectivity index (χ1v) is 5.80. The van der Waals surface area contributed by atoms with E-state index in [1.54, 1.807) is 0 Å². The molecule has 0 atom stereocenters. The highest BCUT2D eigenvalue weighted by Gasteiger charge is 2.27. The Hall–Kier alpha value is -1.90. The van der Waals surface area contributed by atoms with Crippen LogP contribution in [0.3, 0.4) is 0 Å². The Morgan fingerprint density at radius 1 is 1.29 bits per heavy atom. The van der Waals surface area contributed by atoms with E-state index >= 15 is 0 Å². The lowest BCUT2D eigenvalue weighted by molar-refractivity contribution is 0.594. The summed E-state index contributed by atoms with van der Waals surface area (Å²) in [4.78, 5) is 0. The van der Waals surface area contributed by atoms with E-state index in [-0.39, 0.29) is 5.54 Å². The fourth-order valence-corrected chi connectivity index (χ4v) is 2.60. The minimum atomic E-state index is 0.123. The number of hydrogen-bond acceptors (Lipinski definition) is 3. The molecule has 0 aliphatic carbocycles. The standard InChI is InChI=1S/C14H15N3/c1-14(2)8-10-6-11-9(7-13(10)16-14)4-3-5-12(11)17-15/h3-7,15-16H,8H2,1-2H3. The van der Waals surface area contributed by atoms with E-state index in [4.69, 9.17) is 5.53 Å². The summed E-state index contributed by atoms with van der Waals surface area (Å²) in [6, 6.07) is 10.2. The van der Waals surface area contributed by atoms with Crippen LogP contribution < -0.4 is 5.32 Å². The average Bonchev–Trinajstić information content (AvgIpc) is 2.57. The molecule has 2 N–H and O–H groups in total. The van der Waals surface area contributed by atoms with E-state index in [1.165, 1.54) is 11.3 Å². The number of nitrogens with one attached hydrogen (secondary N) is 2. The lowest BCUT2D eigenvalue weighted by Crippen LogP contribution is -2.26. The molecule has 0 bridgehead atoms. The van der Waals surface area contributed by atoms with Gasteiger partial charge in [0.25, 0.3) is 0 Å². The zero-order valence-electron chi connectivity index (χ0n) is 10.0. The molecule has 3 nitrogen and oxygen atoms in total. The van der Waals surface area contributed by atoms with Crippen LogP contribution >= 0.6 is 0 Å². The quantitative estimate of drug-likeness (QED) is 0.700. The van der Waals surface area contributed by atoms with Crippen molar-refractivity contribution in [2.75, 3.05) is 5.32 Å². The summed E-state index contributed by atoms with van der Waals surface area (Å²) in [6.07, 6.45) is 1.02. The summed E-state index contributed by atoms with van der Waals surface area (Å²) in [5.74, 6) is 0. The Bertz CT molecular complexity index is 614. The van der Waals surface area contributed by atoms with Crippen molar-refractivity contribution < 1.29 is 0 Å². The first-order valence-electron chi connectivity index (χ1n) is 5.80. The molecule has 0 radical (unpaired) electrons. The van der Waals surface area contributed by atoms with Gasteiger partial charge in [0.2, 0.25) is 0 Å². The molecule has 3 heteroatoms. The molecule has 1 heterocycles. The van der Waals surface area contributed by atoms with Crippen LogP contribution in [0.4, 0.5) is 11.4 Å². The normalized spacial score (nSPS) is 16.6. The van der Waals surface area contributed by atoms with Crippen LogP contribution in [0.15, 0.2) is 35.4 Å². The van der Waals surface area contributed by atoms with Crippen LogP contribution in [-0.2, 0) is 6.42 Å². The molecular weight excluding hydrogens is 210 g/mol. The van der Waals surface area contributed by atoms with Crippen LogP contribution in [0.1, 0.15) is 19.4 Å². The zero-order chi connectivity index (χ0) is 12.0. The van der Waals surface area contributed by atoms with Crippen molar-refractivity contribution in [1.29, 1.82) is 5.53 Å². The van der Waals surface area contributed by atoms with Gasteiger partial charge in [0, 0.05) is 16.6 Å². The summed E-state index contributed by atoms with van der Waals surface area (Å²) in [7, 11) is 0. The second-order valence-corrected chi connectivity index (χ2v) is 5.31. The monoisotopic (exact) mass is 225 g/mol. The second-order valence-electron chi connectivity index (χ2n) is 5.31. The molecule has 0 fully saturated rings. The third-order valence-corrected chi connectivity index (χ3v) is 3.31. The number of hydrogen-bond donors (Lipinski definition) is 2. The summed E-state index contributed by atoms with van der Waals surface area (Å²) < 4.78 is 0. The summed E-state index contributed by atoms with van der Waals surface area (Å²) >= 11 is 0. The third-order valence-electron chi connectivity index (χ3n) is 3.31. The van der Waals surface area contributed by atoms with Gasteiger partial charge in [-0.25, -0.2) is 5.53 Å². The highest BCUT2D eigenvalue weighted by Crippen LogP contribution is 2.37. The molecule has 0 unspecified atom stereocenters. The van der Waals surface area contributed by atoms with Gasteiger partial charge in [-0.1, -0.05) is 12.1 Å². The maximum atomic E-state index is 7.21. The van der Waals surface area contributed by atoms with Gasteiger partial charge in [0.05, 0.1) is 5.69 Å². The van der Waals surface area contributed by atoms with E-state index in [1.807, 2.05) is 12.1 Å². The van der Waals surface area contributed by atoms with Crippen molar-refractivity contribution in [3.8, 4) is 0 Å². The van der Waals surface area contributed by atoms with Gasteiger partial charge in [0.1, 0.15) is 0 Å². The summed E-state index contributed by atoms with van der Waals surface area (Å²) in [6.45, 7) is 4.40. The SMILES string of the molecule is CC1(C)Cc2cc3c(N=N)cccc3cc2N1. The zero-order valence-corrected chi connectivity index (χ0v) is 10.0. The number of anilines is 1. The van der Waals surface area contributed by atoms with Crippen molar-refractivity contribution in [2.24, 2.45) is 5.11 Å². The number of nitrogens with zero attached hydrogens (tertiary/aromatic N) is 1.